The number of hydrogen-bond acceptors (Lipinski definition) is 0. The van der Waals surface area contributed by atoms with Crippen LogP contribution in [0.25, 0.3) is 0 Å². The summed E-state index contributed by atoms with van der Waals surface area (Å²) in [5.74, 6) is 0. The zero-order valence-electron chi connectivity index (χ0n) is 6.57. The molecular formula is C10H12. The first-order valence-electron chi connectivity index (χ1n) is 3.72. The topological polar surface area (TPSA) is 0 Å². The molecule has 10 heavy (non-hydrogen) atoms. The average molecular weight is 132 g/mol. The van der Waals surface area contributed by atoms with Crippen molar-refractivity contribution in [3.63, 3.8) is 0 Å². The maximum absolute atomic E-state index is 3.28. The molecule has 0 heteroatoms. The molecule has 0 amide bonds. The van der Waals surface area contributed by atoms with Crippen LogP contribution in [0.2, 0.25) is 0 Å². The molecule has 0 saturated heterocycles. The van der Waals surface area contributed by atoms with Crippen LogP contribution < -0.4 is 0 Å². The largest absolute Gasteiger partial charge is 0.0651 e. The van der Waals surface area contributed by atoms with E-state index in [2.05, 4.69) is 26.0 Å². The van der Waals surface area contributed by atoms with E-state index in [9.17, 15) is 0 Å². The van der Waals surface area contributed by atoms with Gasteiger partial charge in [0.2, 0.25) is 0 Å². The molecule has 0 unspecified atom stereocenters. The third kappa shape index (κ3) is 1.87. The van der Waals surface area contributed by atoms with Gasteiger partial charge in [0.15, 0.2) is 0 Å². The van der Waals surface area contributed by atoms with Gasteiger partial charge in [-0.2, -0.15) is 0 Å². The Morgan fingerprint density at radius 2 is 2.20 bits per heavy atom. The molecule has 1 rings (SSSR count). The van der Waals surface area contributed by atoms with E-state index in [4.69, 9.17) is 0 Å². The Morgan fingerprint density at radius 3 is 2.80 bits per heavy atom. The van der Waals surface area contributed by atoms with Crippen molar-refractivity contribution in [2.75, 3.05) is 0 Å². The van der Waals surface area contributed by atoms with Crippen LogP contribution in [-0.2, 0) is 6.42 Å². The molecule has 1 aromatic rings. The van der Waals surface area contributed by atoms with E-state index in [-0.39, 0.29) is 0 Å². The Kier molecular flexibility index (Phi) is 2.49. The Balaban J connectivity index is 2.75. The van der Waals surface area contributed by atoms with Gasteiger partial charge in [0, 0.05) is 0 Å². The van der Waals surface area contributed by atoms with Gasteiger partial charge in [-0.1, -0.05) is 25.5 Å². The van der Waals surface area contributed by atoms with Gasteiger partial charge < -0.3 is 0 Å². The highest BCUT2D eigenvalue weighted by molar-refractivity contribution is 5.19. The summed E-state index contributed by atoms with van der Waals surface area (Å²) in [6.45, 7) is 4.23. The van der Waals surface area contributed by atoms with Crippen LogP contribution in [0.15, 0.2) is 12.1 Å². The van der Waals surface area contributed by atoms with E-state index in [1.807, 2.05) is 12.1 Å². The maximum Gasteiger partial charge on any atom is -0.0117 e. The van der Waals surface area contributed by atoms with Crippen molar-refractivity contribution >= 4 is 0 Å². The fraction of sp³-hybridized carbons (Fsp3) is 0.400. The third-order valence-electron chi connectivity index (χ3n) is 1.43. The van der Waals surface area contributed by atoms with E-state index >= 15 is 0 Å². The first-order chi connectivity index (χ1) is 4.83. The SMILES string of the molecule is CCCc1[c]c(C)c[c]c1. The summed E-state index contributed by atoms with van der Waals surface area (Å²) in [4.78, 5) is 0. The molecule has 0 fully saturated rings. The average Bonchev–Trinajstić information content (AvgIpc) is 1.88. The number of aryl methyl sites for hydroxylation is 2. The summed E-state index contributed by atoms with van der Waals surface area (Å²) in [6.07, 6.45) is 2.31. The lowest BCUT2D eigenvalue weighted by Crippen LogP contribution is -1.83. The Bertz CT molecular complexity index is 201. The van der Waals surface area contributed by atoms with Crippen molar-refractivity contribution in [2.45, 2.75) is 26.7 Å². The van der Waals surface area contributed by atoms with Gasteiger partial charge in [-0.15, -0.1) is 0 Å². The van der Waals surface area contributed by atoms with Crippen LogP contribution in [0, 0.1) is 19.1 Å². The molecular weight excluding hydrogens is 120 g/mol. The van der Waals surface area contributed by atoms with Gasteiger partial charge in [0.05, 0.1) is 0 Å². The smallest absolute Gasteiger partial charge is 0.0117 e. The van der Waals surface area contributed by atoms with Crippen LogP contribution in [0.5, 0.6) is 0 Å². The minimum atomic E-state index is 1.12. The van der Waals surface area contributed by atoms with E-state index in [0.29, 0.717) is 0 Å². The monoisotopic (exact) mass is 132 g/mol. The highest BCUT2D eigenvalue weighted by Crippen LogP contribution is 2.03. The molecule has 52 valence electrons. The van der Waals surface area contributed by atoms with E-state index in [1.54, 1.807) is 0 Å². The summed E-state index contributed by atoms with van der Waals surface area (Å²) < 4.78 is 0. The summed E-state index contributed by atoms with van der Waals surface area (Å²) in [5.41, 5.74) is 2.47. The predicted molar refractivity (Wildman–Crippen MR) is 42.8 cm³/mol. The van der Waals surface area contributed by atoms with E-state index < -0.39 is 0 Å². The van der Waals surface area contributed by atoms with Crippen LogP contribution in [0.3, 0.4) is 0 Å². The molecule has 0 heterocycles. The van der Waals surface area contributed by atoms with Crippen molar-refractivity contribution in [3.05, 3.63) is 35.4 Å². The van der Waals surface area contributed by atoms with Crippen molar-refractivity contribution in [2.24, 2.45) is 0 Å². The molecule has 0 spiro atoms. The quantitative estimate of drug-likeness (QED) is 0.580. The second-order valence-electron chi connectivity index (χ2n) is 2.54. The standard InChI is InChI=1S/C10H12/c1-3-5-10-7-4-6-9(2)8-10/h6-7H,3,5H2,1-2H3. The van der Waals surface area contributed by atoms with E-state index in [1.165, 1.54) is 17.5 Å². The highest BCUT2D eigenvalue weighted by Gasteiger charge is 1.90. The van der Waals surface area contributed by atoms with Crippen LogP contribution in [0.4, 0.5) is 0 Å². The van der Waals surface area contributed by atoms with Crippen LogP contribution in [-0.4, -0.2) is 0 Å². The molecule has 0 N–H and O–H groups in total. The molecule has 0 atom stereocenters. The first-order valence-corrected chi connectivity index (χ1v) is 3.72. The first kappa shape index (κ1) is 7.33. The fourth-order valence-electron chi connectivity index (χ4n) is 0.997. The van der Waals surface area contributed by atoms with Crippen molar-refractivity contribution in [3.8, 4) is 0 Å². The summed E-state index contributed by atoms with van der Waals surface area (Å²) >= 11 is 0. The Morgan fingerprint density at radius 1 is 1.40 bits per heavy atom. The maximum atomic E-state index is 3.28. The zero-order valence-corrected chi connectivity index (χ0v) is 6.57. The molecule has 0 saturated carbocycles. The molecule has 0 aliphatic carbocycles. The molecule has 1 aromatic carbocycles. The minimum absolute atomic E-state index is 1.12. The third-order valence-corrected chi connectivity index (χ3v) is 1.43. The van der Waals surface area contributed by atoms with Crippen LogP contribution >= 0.6 is 0 Å². The Labute approximate surface area is 62.9 Å². The van der Waals surface area contributed by atoms with E-state index in [0.717, 1.165) is 6.42 Å². The second-order valence-corrected chi connectivity index (χ2v) is 2.54. The molecule has 2 radical (unpaired) electrons. The van der Waals surface area contributed by atoms with Gasteiger partial charge in [0.1, 0.15) is 0 Å². The lowest BCUT2D eigenvalue weighted by Gasteiger charge is -1.96. The van der Waals surface area contributed by atoms with Gasteiger partial charge >= 0.3 is 0 Å². The summed E-state index contributed by atoms with van der Waals surface area (Å²) in [6, 6.07) is 10.3. The van der Waals surface area contributed by atoms with Gasteiger partial charge in [0.25, 0.3) is 0 Å². The van der Waals surface area contributed by atoms with Crippen molar-refractivity contribution in [1.29, 1.82) is 0 Å². The molecule has 0 aromatic heterocycles. The Hall–Kier alpha value is -0.780. The summed E-state index contributed by atoms with van der Waals surface area (Å²) in [7, 11) is 0. The molecule has 0 nitrogen and oxygen atoms in total. The predicted octanol–water partition coefficient (Wildman–Crippen LogP) is 2.55. The number of benzene rings is 1. The highest BCUT2D eigenvalue weighted by atomic mass is 13.9. The minimum Gasteiger partial charge on any atom is -0.0651 e. The van der Waals surface area contributed by atoms with Crippen LogP contribution in [0.1, 0.15) is 24.5 Å². The molecule has 0 aliphatic rings. The lowest BCUT2D eigenvalue weighted by molar-refractivity contribution is 0.918. The zero-order chi connectivity index (χ0) is 7.40. The van der Waals surface area contributed by atoms with Gasteiger partial charge in [-0.25, -0.2) is 0 Å². The lowest BCUT2D eigenvalue weighted by atomic mass is 10.1. The van der Waals surface area contributed by atoms with Gasteiger partial charge in [-0.3, -0.25) is 0 Å². The second kappa shape index (κ2) is 3.40. The molecule has 0 bridgehead atoms. The normalized spacial score (nSPS) is 9.80. The molecule has 0 aliphatic heterocycles. The number of rotatable bonds is 2. The number of hydrogen-bond donors (Lipinski definition) is 0. The van der Waals surface area contributed by atoms with Crippen molar-refractivity contribution < 1.29 is 0 Å². The van der Waals surface area contributed by atoms with Gasteiger partial charge in [-0.05, 0) is 36.6 Å². The summed E-state index contributed by atoms with van der Waals surface area (Å²) in [5, 5.41) is 0. The van der Waals surface area contributed by atoms with Crippen molar-refractivity contribution in [1.82, 2.24) is 0 Å². The fourth-order valence-corrected chi connectivity index (χ4v) is 0.997.